The minimum Gasteiger partial charge on any atom is -0.493 e. The van der Waals surface area contributed by atoms with Crippen LogP contribution in [0.3, 0.4) is 0 Å². The molecule has 0 radical (unpaired) electrons. The van der Waals surface area contributed by atoms with Gasteiger partial charge in [0.1, 0.15) is 22.8 Å². The third-order valence-electron chi connectivity index (χ3n) is 8.59. The molecular weight excluding hydrogens is 624 g/mol. The second kappa shape index (κ2) is 16.9. The summed E-state index contributed by atoms with van der Waals surface area (Å²) in [5.74, 6) is 2.35. The van der Waals surface area contributed by atoms with E-state index in [0.29, 0.717) is 51.8 Å². The number of anilines is 1. The molecule has 49 heavy (non-hydrogen) atoms. The van der Waals surface area contributed by atoms with E-state index in [1.807, 2.05) is 82.3 Å². The molecule has 10 heteroatoms. The molecule has 10 nitrogen and oxygen atoms in total. The molecular formula is C39H50N2O8. The maximum Gasteiger partial charge on any atom is 0.410 e. The maximum atomic E-state index is 13.1. The van der Waals surface area contributed by atoms with Crippen LogP contribution in [0, 0.1) is 6.92 Å². The standard InChI is InChI=1S/C39H50N2O8/c1-28-10-6-7-11-34(28)46-23-9-22-45-31-15-13-30(14-16-31)32-18-20-40(38(43)49-39(2,3)4)25-36(32)47-26-29-12-17-35-33(24-29)41(19-8-21-44-5)37(42)27-48-35/h6-7,10-17,24,32,36H,8-9,18-23,25-27H2,1-5H3. The van der Waals surface area contributed by atoms with Crippen molar-refractivity contribution in [2.45, 2.75) is 71.2 Å². The Hall–Kier alpha value is -4.28. The van der Waals surface area contributed by atoms with Crippen LogP contribution in [-0.2, 0) is 25.6 Å². The van der Waals surface area contributed by atoms with E-state index >= 15 is 0 Å². The molecule has 0 N–H and O–H groups in total. The summed E-state index contributed by atoms with van der Waals surface area (Å²) in [6.07, 6.45) is 1.59. The van der Waals surface area contributed by atoms with Crippen molar-refractivity contribution in [1.82, 2.24) is 4.90 Å². The molecule has 5 rings (SSSR count). The van der Waals surface area contributed by atoms with E-state index in [4.69, 9.17) is 28.4 Å². The zero-order chi connectivity index (χ0) is 34.8. The van der Waals surface area contributed by atoms with Crippen LogP contribution in [0.25, 0.3) is 0 Å². The Balaban J connectivity index is 1.23. The van der Waals surface area contributed by atoms with Crippen molar-refractivity contribution in [1.29, 1.82) is 0 Å². The summed E-state index contributed by atoms with van der Waals surface area (Å²) in [7, 11) is 1.65. The van der Waals surface area contributed by atoms with Crippen molar-refractivity contribution in [2.24, 2.45) is 0 Å². The van der Waals surface area contributed by atoms with Crippen LogP contribution in [0.15, 0.2) is 66.7 Å². The van der Waals surface area contributed by atoms with Crippen LogP contribution in [0.2, 0.25) is 0 Å². The molecule has 1 fully saturated rings. The van der Waals surface area contributed by atoms with Gasteiger partial charge in [0.05, 0.1) is 38.2 Å². The highest BCUT2D eigenvalue weighted by Crippen LogP contribution is 2.36. The Labute approximate surface area is 290 Å². The van der Waals surface area contributed by atoms with E-state index < -0.39 is 5.60 Å². The topological polar surface area (TPSA) is 96.0 Å². The number of amides is 2. The van der Waals surface area contributed by atoms with E-state index in [9.17, 15) is 9.59 Å². The molecule has 0 aliphatic carbocycles. The highest BCUT2D eigenvalue weighted by Gasteiger charge is 2.35. The fourth-order valence-electron chi connectivity index (χ4n) is 6.07. The van der Waals surface area contributed by atoms with Gasteiger partial charge in [-0.1, -0.05) is 36.4 Å². The number of aryl methyl sites for hydroxylation is 1. The number of fused-ring (bicyclic) bond motifs is 1. The Bertz CT molecular complexity index is 1540. The first-order valence-electron chi connectivity index (χ1n) is 17.2. The molecule has 2 unspecified atom stereocenters. The fourth-order valence-corrected chi connectivity index (χ4v) is 6.07. The molecule has 0 aromatic heterocycles. The Kier molecular flexibility index (Phi) is 12.4. The summed E-state index contributed by atoms with van der Waals surface area (Å²) in [4.78, 5) is 29.3. The third-order valence-corrected chi connectivity index (χ3v) is 8.59. The van der Waals surface area contributed by atoms with Gasteiger partial charge >= 0.3 is 6.09 Å². The van der Waals surface area contributed by atoms with Crippen LogP contribution in [-0.4, -0.2) is 81.8 Å². The quantitative estimate of drug-likeness (QED) is 0.170. The van der Waals surface area contributed by atoms with E-state index in [2.05, 4.69) is 12.1 Å². The number of carbonyl (C=O) groups is 2. The molecule has 2 amide bonds. The van der Waals surface area contributed by atoms with Crippen molar-refractivity contribution in [3.8, 4) is 17.2 Å². The van der Waals surface area contributed by atoms with Gasteiger partial charge in [0.15, 0.2) is 6.61 Å². The molecule has 3 aromatic carbocycles. The van der Waals surface area contributed by atoms with Crippen molar-refractivity contribution in [2.75, 3.05) is 58.1 Å². The number of ether oxygens (including phenoxy) is 6. The van der Waals surface area contributed by atoms with Crippen molar-refractivity contribution >= 4 is 17.7 Å². The smallest absolute Gasteiger partial charge is 0.410 e. The second-order valence-corrected chi connectivity index (χ2v) is 13.5. The highest BCUT2D eigenvalue weighted by atomic mass is 16.6. The predicted molar refractivity (Wildman–Crippen MR) is 188 cm³/mol. The molecule has 2 atom stereocenters. The van der Waals surface area contributed by atoms with Crippen LogP contribution >= 0.6 is 0 Å². The normalized spacial score (nSPS) is 17.7. The number of rotatable bonds is 14. The second-order valence-electron chi connectivity index (χ2n) is 13.5. The van der Waals surface area contributed by atoms with E-state index in [-0.39, 0.29) is 30.6 Å². The van der Waals surface area contributed by atoms with Crippen molar-refractivity contribution in [3.63, 3.8) is 0 Å². The summed E-state index contributed by atoms with van der Waals surface area (Å²) < 4.78 is 35.1. The summed E-state index contributed by atoms with van der Waals surface area (Å²) in [5, 5.41) is 0. The maximum absolute atomic E-state index is 13.1. The van der Waals surface area contributed by atoms with Crippen LogP contribution < -0.4 is 19.1 Å². The molecule has 2 aliphatic rings. The zero-order valence-electron chi connectivity index (χ0n) is 29.4. The Morgan fingerprint density at radius 3 is 2.49 bits per heavy atom. The lowest BCUT2D eigenvalue weighted by molar-refractivity contribution is -0.121. The SMILES string of the molecule is COCCCN1C(=O)COc2ccc(COC3CN(C(=O)OC(C)(C)C)CCC3c3ccc(OCCCOc4ccccc4C)cc3)cc21. The fraction of sp³-hybridized carbons (Fsp3) is 0.487. The highest BCUT2D eigenvalue weighted by molar-refractivity contribution is 5.97. The Morgan fingerprint density at radius 2 is 1.73 bits per heavy atom. The van der Waals surface area contributed by atoms with Gasteiger partial charge in [-0.05, 0) is 87.6 Å². The first kappa shape index (κ1) is 36.0. The molecule has 0 bridgehead atoms. The molecule has 2 heterocycles. The number of para-hydroxylation sites is 1. The lowest BCUT2D eigenvalue weighted by Crippen LogP contribution is -2.48. The number of carbonyl (C=O) groups excluding carboxylic acids is 2. The summed E-state index contributed by atoms with van der Waals surface area (Å²) >= 11 is 0. The number of hydrogen-bond donors (Lipinski definition) is 0. The van der Waals surface area contributed by atoms with E-state index in [1.54, 1.807) is 16.9 Å². The number of nitrogens with zero attached hydrogens (tertiary/aromatic N) is 2. The monoisotopic (exact) mass is 674 g/mol. The third kappa shape index (κ3) is 10.1. The van der Waals surface area contributed by atoms with Crippen LogP contribution in [0.1, 0.15) is 62.6 Å². The minimum absolute atomic E-state index is 0.0201. The largest absolute Gasteiger partial charge is 0.493 e. The first-order chi connectivity index (χ1) is 23.6. The molecule has 3 aromatic rings. The van der Waals surface area contributed by atoms with Gasteiger partial charge in [-0.25, -0.2) is 4.79 Å². The average Bonchev–Trinajstić information content (AvgIpc) is 3.08. The number of hydrogen-bond acceptors (Lipinski definition) is 8. The van der Waals surface area contributed by atoms with Gasteiger partial charge in [-0.2, -0.15) is 0 Å². The van der Waals surface area contributed by atoms with Gasteiger partial charge in [-0.15, -0.1) is 0 Å². The van der Waals surface area contributed by atoms with Gasteiger partial charge in [0, 0.05) is 39.1 Å². The van der Waals surface area contributed by atoms with Crippen LogP contribution in [0.4, 0.5) is 10.5 Å². The first-order valence-corrected chi connectivity index (χ1v) is 17.2. The molecule has 2 aliphatic heterocycles. The lowest BCUT2D eigenvalue weighted by atomic mass is 9.87. The Morgan fingerprint density at radius 1 is 0.959 bits per heavy atom. The van der Waals surface area contributed by atoms with Gasteiger partial charge in [0.25, 0.3) is 5.91 Å². The van der Waals surface area contributed by atoms with Gasteiger partial charge in [0.2, 0.25) is 0 Å². The minimum atomic E-state index is -0.593. The number of benzene rings is 3. The summed E-state index contributed by atoms with van der Waals surface area (Å²) in [6, 6.07) is 22.0. The van der Waals surface area contributed by atoms with Crippen LogP contribution in [0.5, 0.6) is 17.2 Å². The van der Waals surface area contributed by atoms with E-state index in [0.717, 1.165) is 53.1 Å². The predicted octanol–water partition coefficient (Wildman–Crippen LogP) is 6.91. The molecule has 0 saturated carbocycles. The van der Waals surface area contributed by atoms with E-state index in [1.165, 1.54) is 0 Å². The molecule has 0 spiro atoms. The number of piperidine rings is 1. The average molecular weight is 675 g/mol. The number of methoxy groups -OCH3 is 1. The summed E-state index contributed by atoms with van der Waals surface area (Å²) in [5.41, 5.74) is 3.30. The summed E-state index contributed by atoms with van der Waals surface area (Å²) in [6.45, 7) is 11.2. The van der Waals surface area contributed by atoms with Gasteiger partial charge < -0.3 is 38.2 Å². The van der Waals surface area contributed by atoms with Crippen molar-refractivity contribution in [3.05, 3.63) is 83.4 Å². The van der Waals surface area contributed by atoms with Crippen molar-refractivity contribution < 1.29 is 38.0 Å². The number of likely N-dealkylation sites (tertiary alicyclic amines) is 1. The molecule has 1 saturated heterocycles. The lowest BCUT2D eigenvalue weighted by Gasteiger charge is -2.39. The molecule has 264 valence electrons. The van der Waals surface area contributed by atoms with Gasteiger partial charge in [-0.3, -0.25) is 4.79 Å². The zero-order valence-corrected chi connectivity index (χ0v) is 29.4.